The summed E-state index contributed by atoms with van der Waals surface area (Å²) in [6.45, 7) is 2.95. The predicted molar refractivity (Wildman–Crippen MR) is 63.2 cm³/mol. The molecule has 80 valence electrons. The normalized spacial score (nSPS) is 12.9. The first-order valence-corrected chi connectivity index (χ1v) is 5.96. The van der Waals surface area contributed by atoms with Gasteiger partial charge in [-0.25, -0.2) is 0 Å². The van der Waals surface area contributed by atoms with Gasteiger partial charge in [-0.05, 0) is 13.0 Å². The van der Waals surface area contributed by atoms with Gasteiger partial charge in [-0.3, -0.25) is 5.10 Å². The van der Waals surface area contributed by atoms with Gasteiger partial charge < -0.3 is 5.32 Å². The van der Waals surface area contributed by atoms with E-state index in [4.69, 9.17) is 11.6 Å². The van der Waals surface area contributed by atoms with E-state index in [2.05, 4.69) is 22.4 Å². The zero-order valence-corrected chi connectivity index (χ0v) is 9.90. The van der Waals surface area contributed by atoms with E-state index in [9.17, 15) is 0 Å². The molecule has 0 aromatic carbocycles. The molecule has 0 fully saturated rings. The van der Waals surface area contributed by atoms with Crippen molar-refractivity contribution in [2.75, 3.05) is 0 Å². The fraction of sp³-hybridized carbons (Fsp3) is 0.300. The SMILES string of the molecule is CC(NCc1cc(Cl)cs1)c1cn[nH]c1. The van der Waals surface area contributed by atoms with Crippen molar-refractivity contribution in [3.05, 3.63) is 39.3 Å². The van der Waals surface area contributed by atoms with Crippen molar-refractivity contribution in [1.82, 2.24) is 15.5 Å². The number of nitrogens with one attached hydrogen (secondary N) is 2. The van der Waals surface area contributed by atoms with E-state index in [1.807, 2.05) is 23.8 Å². The van der Waals surface area contributed by atoms with Crippen molar-refractivity contribution in [1.29, 1.82) is 0 Å². The molecule has 2 heterocycles. The third-order valence-corrected chi connectivity index (χ3v) is 3.51. The lowest BCUT2D eigenvalue weighted by Crippen LogP contribution is -2.16. The van der Waals surface area contributed by atoms with Crippen LogP contribution in [0.1, 0.15) is 23.4 Å². The quantitative estimate of drug-likeness (QED) is 0.864. The van der Waals surface area contributed by atoms with E-state index in [-0.39, 0.29) is 0 Å². The maximum Gasteiger partial charge on any atom is 0.0534 e. The smallest absolute Gasteiger partial charge is 0.0534 e. The highest BCUT2D eigenvalue weighted by atomic mass is 35.5. The van der Waals surface area contributed by atoms with Crippen molar-refractivity contribution < 1.29 is 0 Å². The molecule has 15 heavy (non-hydrogen) atoms. The minimum atomic E-state index is 0.296. The highest BCUT2D eigenvalue weighted by Gasteiger charge is 2.06. The van der Waals surface area contributed by atoms with Crippen LogP contribution in [0.5, 0.6) is 0 Å². The van der Waals surface area contributed by atoms with Crippen molar-refractivity contribution in [3.63, 3.8) is 0 Å². The molecular formula is C10H12ClN3S. The Balaban J connectivity index is 1.88. The molecule has 0 radical (unpaired) electrons. The van der Waals surface area contributed by atoms with Crippen LogP contribution in [0.25, 0.3) is 0 Å². The van der Waals surface area contributed by atoms with Crippen LogP contribution in [0.3, 0.4) is 0 Å². The molecule has 0 aliphatic rings. The third-order valence-electron chi connectivity index (χ3n) is 2.22. The summed E-state index contributed by atoms with van der Waals surface area (Å²) < 4.78 is 0. The summed E-state index contributed by atoms with van der Waals surface area (Å²) in [6, 6.07) is 2.28. The lowest BCUT2D eigenvalue weighted by atomic mass is 10.2. The predicted octanol–water partition coefficient (Wildman–Crippen LogP) is 2.98. The molecule has 0 bridgehead atoms. The van der Waals surface area contributed by atoms with Gasteiger partial charge >= 0.3 is 0 Å². The second kappa shape index (κ2) is 4.79. The zero-order valence-electron chi connectivity index (χ0n) is 8.33. The summed E-state index contributed by atoms with van der Waals surface area (Å²) in [5, 5.41) is 12.9. The first-order chi connectivity index (χ1) is 7.25. The van der Waals surface area contributed by atoms with Crippen LogP contribution >= 0.6 is 22.9 Å². The van der Waals surface area contributed by atoms with Crippen molar-refractivity contribution in [2.45, 2.75) is 19.5 Å². The van der Waals surface area contributed by atoms with Gasteiger partial charge in [-0.15, -0.1) is 11.3 Å². The number of thiophene rings is 1. The maximum absolute atomic E-state index is 5.84. The molecule has 1 atom stereocenters. The maximum atomic E-state index is 5.84. The molecule has 5 heteroatoms. The highest BCUT2D eigenvalue weighted by molar-refractivity contribution is 7.10. The Morgan fingerprint density at radius 2 is 2.53 bits per heavy atom. The van der Waals surface area contributed by atoms with Crippen molar-refractivity contribution in [2.24, 2.45) is 0 Å². The lowest BCUT2D eigenvalue weighted by Gasteiger charge is -2.10. The second-order valence-corrected chi connectivity index (χ2v) is 4.80. The first-order valence-electron chi connectivity index (χ1n) is 4.70. The van der Waals surface area contributed by atoms with E-state index >= 15 is 0 Å². The molecule has 0 spiro atoms. The van der Waals surface area contributed by atoms with Gasteiger partial charge in [0.25, 0.3) is 0 Å². The van der Waals surface area contributed by atoms with E-state index in [0.717, 1.165) is 17.1 Å². The summed E-state index contributed by atoms with van der Waals surface area (Å²) in [4.78, 5) is 1.25. The van der Waals surface area contributed by atoms with Gasteiger partial charge in [0.05, 0.1) is 11.2 Å². The van der Waals surface area contributed by atoms with Crippen LogP contribution in [0, 0.1) is 0 Å². The Kier molecular flexibility index (Phi) is 3.41. The minimum Gasteiger partial charge on any atom is -0.305 e. The highest BCUT2D eigenvalue weighted by Crippen LogP contribution is 2.20. The van der Waals surface area contributed by atoms with Gasteiger partial charge in [-0.1, -0.05) is 11.6 Å². The van der Waals surface area contributed by atoms with Crippen LogP contribution in [0.15, 0.2) is 23.8 Å². The summed E-state index contributed by atoms with van der Waals surface area (Å²) in [5.74, 6) is 0. The fourth-order valence-corrected chi connectivity index (χ4v) is 2.34. The topological polar surface area (TPSA) is 40.7 Å². The molecule has 0 saturated carbocycles. The number of aromatic nitrogens is 2. The molecule has 2 aromatic heterocycles. The van der Waals surface area contributed by atoms with E-state index in [1.54, 1.807) is 11.3 Å². The number of H-pyrrole nitrogens is 1. The summed E-state index contributed by atoms with van der Waals surface area (Å²) in [5.41, 5.74) is 1.16. The summed E-state index contributed by atoms with van der Waals surface area (Å²) in [7, 11) is 0. The third kappa shape index (κ3) is 2.81. The molecule has 0 amide bonds. The van der Waals surface area contributed by atoms with Crippen LogP contribution in [0.2, 0.25) is 5.02 Å². The van der Waals surface area contributed by atoms with Gasteiger partial charge in [0.1, 0.15) is 0 Å². The molecule has 0 aliphatic heterocycles. The minimum absolute atomic E-state index is 0.296. The van der Waals surface area contributed by atoms with Crippen LogP contribution in [-0.2, 0) is 6.54 Å². The van der Waals surface area contributed by atoms with E-state index < -0.39 is 0 Å². The van der Waals surface area contributed by atoms with Crippen molar-refractivity contribution >= 4 is 22.9 Å². The number of hydrogen-bond acceptors (Lipinski definition) is 3. The molecule has 2 rings (SSSR count). The second-order valence-electron chi connectivity index (χ2n) is 3.37. The number of aromatic amines is 1. The van der Waals surface area contributed by atoms with Gasteiger partial charge in [0.2, 0.25) is 0 Å². The molecule has 2 aromatic rings. The van der Waals surface area contributed by atoms with Gasteiger partial charge in [0, 0.05) is 34.6 Å². The van der Waals surface area contributed by atoms with Crippen LogP contribution in [0.4, 0.5) is 0 Å². The standard InChI is InChI=1S/C10H12ClN3S/c1-7(8-3-13-14-4-8)12-5-10-2-9(11)6-15-10/h2-4,6-7,12H,5H2,1H3,(H,13,14). The van der Waals surface area contributed by atoms with E-state index in [0.29, 0.717) is 6.04 Å². The fourth-order valence-electron chi connectivity index (χ4n) is 1.32. The molecule has 0 aliphatic carbocycles. The zero-order chi connectivity index (χ0) is 10.7. The van der Waals surface area contributed by atoms with E-state index in [1.165, 1.54) is 4.88 Å². The molecule has 3 nitrogen and oxygen atoms in total. The van der Waals surface area contributed by atoms with Crippen LogP contribution in [-0.4, -0.2) is 10.2 Å². The number of rotatable bonds is 4. The average molecular weight is 242 g/mol. The summed E-state index contributed by atoms with van der Waals surface area (Å²) >= 11 is 7.51. The molecular weight excluding hydrogens is 230 g/mol. The van der Waals surface area contributed by atoms with Gasteiger partial charge in [0.15, 0.2) is 0 Å². The Morgan fingerprint density at radius 3 is 3.13 bits per heavy atom. The lowest BCUT2D eigenvalue weighted by molar-refractivity contribution is 0.579. The Morgan fingerprint density at radius 1 is 1.67 bits per heavy atom. The van der Waals surface area contributed by atoms with Gasteiger partial charge in [-0.2, -0.15) is 5.10 Å². The largest absolute Gasteiger partial charge is 0.305 e. The number of hydrogen-bond donors (Lipinski definition) is 2. The van der Waals surface area contributed by atoms with Crippen LogP contribution < -0.4 is 5.32 Å². The molecule has 2 N–H and O–H groups in total. The monoisotopic (exact) mass is 241 g/mol. The summed E-state index contributed by atoms with van der Waals surface area (Å²) in [6.07, 6.45) is 3.73. The number of nitrogens with zero attached hydrogens (tertiary/aromatic N) is 1. The molecule has 0 saturated heterocycles. The Bertz CT molecular complexity index is 410. The Labute approximate surface area is 97.5 Å². The molecule has 1 unspecified atom stereocenters. The average Bonchev–Trinajstić information content (AvgIpc) is 2.84. The number of halogens is 1. The Hall–Kier alpha value is -0.840. The van der Waals surface area contributed by atoms with Crippen molar-refractivity contribution in [3.8, 4) is 0 Å². The first kappa shape index (κ1) is 10.7.